The first-order valence-corrected chi connectivity index (χ1v) is 6.63. The highest BCUT2D eigenvalue weighted by molar-refractivity contribution is 7.10. The van der Waals surface area contributed by atoms with Crippen LogP contribution in [0.1, 0.15) is 10.6 Å². The topological polar surface area (TPSA) is 38.7 Å². The van der Waals surface area contributed by atoms with E-state index in [2.05, 4.69) is 15.0 Å². The molecule has 5 heteroatoms. The molecular weight excluding hydrogens is 261 g/mol. The largest absolute Gasteiger partial charge is 0.244 e. The summed E-state index contributed by atoms with van der Waals surface area (Å²) in [5.41, 5.74) is 2.83. The average molecular weight is 271 g/mol. The van der Waals surface area contributed by atoms with Crippen LogP contribution in [0.4, 0.5) is 4.39 Å². The first-order chi connectivity index (χ1) is 9.31. The van der Waals surface area contributed by atoms with Crippen molar-refractivity contribution >= 4 is 11.3 Å². The second kappa shape index (κ2) is 5.24. The summed E-state index contributed by atoms with van der Waals surface area (Å²) in [4.78, 5) is 12.5. The highest BCUT2D eigenvalue weighted by atomic mass is 32.1. The lowest BCUT2D eigenvalue weighted by Crippen LogP contribution is -1.88. The highest BCUT2D eigenvalue weighted by Crippen LogP contribution is 2.22. The Morgan fingerprint density at radius 3 is 2.53 bits per heavy atom. The molecule has 3 rings (SSSR count). The zero-order chi connectivity index (χ0) is 13.1. The zero-order valence-electron chi connectivity index (χ0n) is 9.95. The minimum absolute atomic E-state index is 0.218. The van der Waals surface area contributed by atoms with Gasteiger partial charge < -0.3 is 0 Å². The van der Waals surface area contributed by atoms with E-state index in [1.165, 1.54) is 18.5 Å². The molecule has 3 nitrogen and oxygen atoms in total. The van der Waals surface area contributed by atoms with Crippen LogP contribution in [0.25, 0.3) is 11.3 Å². The molecule has 0 saturated carbocycles. The van der Waals surface area contributed by atoms with Crippen LogP contribution in [0.2, 0.25) is 0 Å². The molecule has 0 atom stereocenters. The first kappa shape index (κ1) is 11.9. The molecule has 2 aromatic heterocycles. The van der Waals surface area contributed by atoms with E-state index in [4.69, 9.17) is 0 Å². The van der Waals surface area contributed by atoms with Crippen molar-refractivity contribution in [3.05, 3.63) is 64.8 Å². The number of thiazole rings is 1. The van der Waals surface area contributed by atoms with Gasteiger partial charge in [0.2, 0.25) is 0 Å². The van der Waals surface area contributed by atoms with Gasteiger partial charge in [0, 0.05) is 29.8 Å². The number of halogens is 1. The quantitative estimate of drug-likeness (QED) is 0.733. The minimum Gasteiger partial charge on any atom is -0.244 e. The fourth-order valence-electron chi connectivity index (χ4n) is 1.73. The molecule has 0 spiro atoms. The van der Waals surface area contributed by atoms with Crippen molar-refractivity contribution in [1.82, 2.24) is 15.0 Å². The standard InChI is InChI=1S/C14H10FN3S/c15-12-3-1-10(2-4-12)5-14-18-13(8-19-14)11-6-16-9-17-7-11/h1-4,6-9H,5H2. The number of hydrogen-bond donors (Lipinski definition) is 0. The van der Waals surface area contributed by atoms with Crippen LogP contribution in [-0.2, 0) is 6.42 Å². The molecule has 0 aliphatic rings. The Balaban J connectivity index is 1.80. The molecule has 0 N–H and O–H groups in total. The normalized spacial score (nSPS) is 10.6. The Labute approximate surface area is 113 Å². The number of benzene rings is 1. The Morgan fingerprint density at radius 2 is 1.79 bits per heavy atom. The SMILES string of the molecule is Fc1ccc(Cc2nc(-c3cncnc3)cs2)cc1. The Kier molecular flexibility index (Phi) is 3.29. The molecule has 0 saturated heterocycles. The van der Waals surface area contributed by atoms with Gasteiger partial charge in [0.1, 0.15) is 12.1 Å². The number of rotatable bonds is 3. The monoisotopic (exact) mass is 271 g/mol. The molecule has 0 amide bonds. The fourth-order valence-corrected chi connectivity index (χ4v) is 2.57. The predicted octanol–water partition coefficient (Wildman–Crippen LogP) is 3.33. The van der Waals surface area contributed by atoms with E-state index >= 15 is 0 Å². The van der Waals surface area contributed by atoms with E-state index in [1.807, 2.05) is 5.38 Å². The van der Waals surface area contributed by atoms with Crippen molar-refractivity contribution < 1.29 is 4.39 Å². The van der Waals surface area contributed by atoms with E-state index in [1.54, 1.807) is 35.9 Å². The van der Waals surface area contributed by atoms with Gasteiger partial charge in [0.15, 0.2) is 0 Å². The van der Waals surface area contributed by atoms with Gasteiger partial charge in [-0.1, -0.05) is 12.1 Å². The van der Waals surface area contributed by atoms with Gasteiger partial charge in [-0.3, -0.25) is 0 Å². The third-order valence-electron chi connectivity index (χ3n) is 2.68. The number of hydrogen-bond acceptors (Lipinski definition) is 4. The first-order valence-electron chi connectivity index (χ1n) is 5.75. The molecule has 19 heavy (non-hydrogen) atoms. The zero-order valence-corrected chi connectivity index (χ0v) is 10.8. The molecule has 1 aromatic carbocycles. The fraction of sp³-hybridized carbons (Fsp3) is 0.0714. The maximum Gasteiger partial charge on any atom is 0.123 e. The van der Waals surface area contributed by atoms with Crippen molar-refractivity contribution in [1.29, 1.82) is 0 Å². The second-order valence-corrected chi connectivity index (χ2v) is 5.00. The van der Waals surface area contributed by atoms with Gasteiger partial charge in [-0.15, -0.1) is 11.3 Å². The van der Waals surface area contributed by atoms with Gasteiger partial charge in [0.05, 0.1) is 10.7 Å². The van der Waals surface area contributed by atoms with Crippen LogP contribution in [-0.4, -0.2) is 15.0 Å². The summed E-state index contributed by atoms with van der Waals surface area (Å²) in [6.45, 7) is 0. The molecule has 0 bridgehead atoms. The molecule has 3 aromatic rings. The van der Waals surface area contributed by atoms with Gasteiger partial charge in [-0.25, -0.2) is 19.3 Å². The number of aromatic nitrogens is 3. The van der Waals surface area contributed by atoms with E-state index in [0.29, 0.717) is 6.42 Å². The third kappa shape index (κ3) is 2.82. The summed E-state index contributed by atoms with van der Waals surface area (Å²) in [6, 6.07) is 6.49. The molecule has 0 unspecified atom stereocenters. The van der Waals surface area contributed by atoms with Crippen molar-refractivity contribution in [3.8, 4) is 11.3 Å². The van der Waals surface area contributed by atoms with Crippen molar-refractivity contribution in [2.45, 2.75) is 6.42 Å². The maximum atomic E-state index is 12.8. The lowest BCUT2D eigenvalue weighted by atomic mass is 10.1. The van der Waals surface area contributed by atoms with Gasteiger partial charge in [-0.2, -0.15) is 0 Å². The van der Waals surface area contributed by atoms with Gasteiger partial charge >= 0.3 is 0 Å². The molecule has 94 valence electrons. The Morgan fingerprint density at radius 1 is 1.05 bits per heavy atom. The van der Waals surface area contributed by atoms with E-state index in [9.17, 15) is 4.39 Å². The summed E-state index contributed by atoms with van der Waals surface area (Å²) in [6.07, 6.45) is 5.68. The van der Waals surface area contributed by atoms with Crippen LogP contribution in [0.5, 0.6) is 0 Å². The van der Waals surface area contributed by atoms with Crippen molar-refractivity contribution in [2.24, 2.45) is 0 Å². The highest BCUT2D eigenvalue weighted by Gasteiger charge is 2.06. The van der Waals surface area contributed by atoms with Crippen LogP contribution >= 0.6 is 11.3 Å². The molecule has 0 fully saturated rings. The van der Waals surface area contributed by atoms with Crippen molar-refractivity contribution in [2.75, 3.05) is 0 Å². The average Bonchev–Trinajstić information content (AvgIpc) is 2.91. The third-order valence-corrected chi connectivity index (χ3v) is 3.53. The van der Waals surface area contributed by atoms with Gasteiger partial charge in [-0.05, 0) is 17.7 Å². The number of nitrogens with zero attached hydrogens (tertiary/aromatic N) is 3. The molecule has 2 heterocycles. The van der Waals surface area contributed by atoms with E-state index < -0.39 is 0 Å². The van der Waals surface area contributed by atoms with E-state index in [-0.39, 0.29) is 5.82 Å². The molecule has 0 aliphatic heterocycles. The molecule has 0 aliphatic carbocycles. The summed E-state index contributed by atoms with van der Waals surface area (Å²) in [5.74, 6) is -0.218. The summed E-state index contributed by atoms with van der Waals surface area (Å²) in [7, 11) is 0. The lowest BCUT2D eigenvalue weighted by Gasteiger charge is -1.97. The maximum absolute atomic E-state index is 12.8. The summed E-state index contributed by atoms with van der Waals surface area (Å²) < 4.78 is 12.8. The van der Waals surface area contributed by atoms with Crippen LogP contribution in [0.3, 0.4) is 0 Å². The minimum atomic E-state index is -0.218. The van der Waals surface area contributed by atoms with E-state index in [0.717, 1.165) is 21.8 Å². The van der Waals surface area contributed by atoms with Gasteiger partial charge in [0.25, 0.3) is 0 Å². The summed E-state index contributed by atoms with van der Waals surface area (Å²) in [5, 5.41) is 2.97. The van der Waals surface area contributed by atoms with Crippen molar-refractivity contribution in [3.63, 3.8) is 0 Å². The van der Waals surface area contributed by atoms with Crippen LogP contribution in [0, 0.1) is 5.82 Å². The molecule has 0 radical (unpaired) electrons. The molecular formula is C14H10FN3S. The Hall–Kier alpha value is -2.14. The lowest BCUT2D eigenvalue weighted by molar-refractivity contribution is 0.627. The second-order valence-electron chi connectivity index (χ2n) is 4.06. The Bertz CT molecular complexity index is 665. The summed E-state index contributed by atoms with van der Waals surface area (Å²) >= 11 is 1.58. The smallest absolute Gasteiger partial charge is 0.123 e. The predicted molar refractivity (Wildman–Crippen MR) is 72.3 cm³/mol. The van der Waals surface area contributed by atoms with Crippen LogP contribution in [0.15, 0.2) is 48.4 Å². The van der Waals surface area contributed by atoms with Crippen LogP contribution < -0.4 is 0 Å².